The third-order valence-electron chi connectivity index (χ3n) is 3.11. The molecule has 0 aliphatic rings. The van der Waals surface area contributed by atoms with Crippen LogP contribution in [0.25, 0.3) is 0 Å². The lowest BCUT2D eigenvalue weighted by atomic mass is 10.2. The molecule has 0 atom stereocenters. The Balaban J connectivity index is 2.05. The molecule has 0 aliphatic heterocycles. The maximum absolute atomic E-state index is 12.9. The van der Waals surface area contributed by atoms with E-state index in [1.165, 1.54) is 31.3 Å². The number of benzene rings is 2. The molecule has 9 heteroatoms. The molecule has 0 heterocycles. The molecule has 0 aliphatic carbocycles. The third-order valence-corrected chi connectivity index (χ3v) is 4.51. The van der Waals surface area contributed by atoms with E-state index in [1.807, 2.05) is 0 Å². The zero-order valence-corrected chi connectivity index (χ0v) is 14.0. The summed E-state index contributed by atoms with van der Waals surface area (Å²) in [6.07, 6.45) is 0. The Bertz CT molecular complexity index is 864. The van der Waals surface area contributed by atoms with Crippen molar-refractivity contribution in [1.82, 2.24) is 5.32 Å². The largest absolute Gasteiger partial charge is 0.452 e. The highest BCUT2D eigenvalue weighted by Crippen LogP contribution is 2.17. The van der Waals surface area contributed by atoms with Crippen LogP contribution >= 0.6 is 0 Å². The summed E-state index contributed by atoms with van der Waals surface area (Å²) in [4.78, 5) is 22.7. The fourth-order valence-corrected chi connectivity index (χ4v) is 2.85. The predicted octanol–water partition coefficient (Wildman–Crippen LogP) is 1.53. The minimum Gasteiger partial charge on any atom is -0.452 e. The van der Waals surface area contributed by atoms with Gasteiger partial charge in [-0.3, -0.25) is 9.52 Å². The number of halogens is 1. The lowest BCUT2D eigenvalue weighted by Gasteiger charge is -2.09. The first kappa shape index (κ1) is 18.4. The molecule has 0 fully saturated rings. The van der Waals surface area contributed by atoms with Crippen LogP contribution in [0.5, 0.6) is 0 Å². The van der Waals surface area contributed by atoms with Gasteiger partial charge in [-0.1, -0.05) is 0 Å². The molecule has 2 N–H and O–H groups in total. The molecule has 0 saturated carbocycles. The SMILES string of the molecule is CNC(=O)COC(=O)c1ccc(NS(=O)(=O)c2ccc(F)cc2)cc1. The zero-order valence-electron chi connectivity index (χ0n) is 13.2. The van der Waals surface area contributed by atoms with Crippen molar-refractivity contribution in [3.8, 4) is 0 Å². The first-order valence-electron chi connectivity index (χ1n) is 7.08. The molecule has 2 aromatic rings. The van der Waals surface area contributed by atoms with Crippen LogP contribution in [0.1, 0.15) is 10.4 Å². The number of rotatable bonds is 6. The molecular formula is C16H15FN2O5S. The smallest absolute Gasteiger partial charge is 0.338 e. The highest BCUT2D eigenvalue weighted by atomic mass is 32.2. The molecule has 0 spiro atoms. The van der Waals surface area contributed by atoms with Crippen molar-refractivity contribution in [1.29, 1.82) is 0 Å². The fraction of sp³-hybridized carbons (Fsp3) is 0.125. The number of nitrogens with one attached hydrogen (secondary N) is 2. The van der Waals surface area contributed by atoms with Crippen LogP contribution in [-0.4, -0.2) is 33.9 Å². The first-order valence-corrected chi connectivity index (χ1v) is 8.56. The van der Waals surface area contributed by atoms with Crippen LogP contribution in [0.2, 0.25) is 0 Å². The Kier molecular flexibility index (Phi) is 5.71. The van der Waals surface area contributed by atoms with Gasteiger partial charge >= 0.3 is 5.97 Å². The van der Waals surface area contributed by atoms with Gasteiger partial charge in [0.25, 0.3) is 15.9 Å². The van der Waals surface area contributed by atoms with E-state index in [1.54, 1.807) is 0 Å². The predicted molar refractivity (Wildman–Crippen MR) is 88.0 cm³/mol. The number of carbonyl (C=O) groups is 2. The van der Waals surface area contributed by atoms with Gasteiger partial charge in [0.2, 0.25) is 0 Å². The average molecular weight is 366 g/mol. The van der Waals surface area contributed by atoms with Crippen molar-refractivity contribution in [3.63, 3.8) is 0 Å². The molecular weight excluding hydrogens is 351 g/mol. The molecule has 0 unspecified atom stereocenters. The number of amides is 1. The summed E-state index contributed by atoms with van der Waals surface area (Å²) in [7, 11) is -2.46. The van der Waals surface area contributed by atoms with Crippen LogP contribution in [0.3, 0.4) is 0 Å². The highest BCUT2D eigenvalue weighted by Gasteiger charge is 2.15. The van der Waals surface area contributed by atoms with Gasteiger partial charge in [-0.25, -0.2) is 17.6 Å². The van der Waals surface area contributed by atoms with Gasteiger partial charge in [0.05, 0.1) is 10.5 Å². The number of carbonyl (C=O) groups excluding carboxylic acids is 2. The van der Waals surface area contributed by atoms with Crippen molar-refractivity contribution in [2.24, 2.45) is 0 Å². The molecule has 2 rings (SSSR count). The van der Waals surface area contributed by atoms with E-state index >= 15 is 0 Å². The Hall–Kier alpha value is -2.94. The van der Waals surface area contributed by atoms with Crippen LogP contribution in [0, 0.1) is 5.82 Å². The minimum atomic E-state index is -3.87. The number of likely N-dealkylation sites (N-methyl/N-ethyl adjacent to an activating group) is 1. The summed E-state index contributed by atoms with van der Waals surface area (Å²) in [5.41, 5.74) is 0.376. The summed E-state index contributed by atoms with van der Waals surface area (Å²) >= 11 is 0. The average Bonchev–Trinajstić information content (AvgIpc) is 2.60. The van der Waals surface area contributed by atoms with Crippen LogP contribution in [0.4, 0.5) is 10.1 Å². The van der Waals surface area contributed by atoms with Gasteiger partial charge < -0.3 is 10.1 Å². The lowest BCUT2D eigenvalue weighted by Crippen LogP contribution is -2.25. The van der Waals surface area contributed by atoms with E-state index < -0.39 is 34.3 Å². The normalized spacial score (nSPS) is 10.8. The van der Waals surface area contributed by atoms with Crippen molar-refractivity contribution >= 4 is 27.6 Å². The van der Waals surface area contributed by atoms with E-state index in [0.717, 1.165) is 24.3 Å². The van der Waals surface area contributed by atoms with Crippen LogP contribution in [0.15, 0.2) is 53.4 Å². The van der Waals surface area contributed by atoms with Gasteiger partial charge in [-0.2, -0.15) is 0 Å². The standard InChI is InChI=1S/C16H15FN2O5S/c1-18-15(20)10-24-16(21)11-2-6-13(7-3-11)19-25(22,23)14-8-4-12(17)5-9-14/h2-9,19H,10H2,1H3,(H,18,20). The molecule has 25 heavy (non-hydrogen) atoms. The lowest BCUT2D eigenvalue weighted by molar-refractivity contribution is -0.123. The Morgan fingerprint density at radius 2 is 1.64 bits per heavy atom. The number of ether oxygens (including phenoxy) is 1. The molecule has 0 aromatic heterocycles. The van der Waals surface area contributed by atoms with E-state index in [4.69, 9.17) is 4.74 Å². The zero-order chi connectivity index (χ0) is 18.4. The minimum absolute atomic E-state index is 0.0945. The maximum atomic E-state index is 12.9. The van der Waals surface area contributed by atoms with Gasteiger partial charge in [-0.05, 0) is 48.5 Å². The topological polar surface area (TPSA) is 102 Å². The van der Waals surface area contributed by atoms with Gasteiger partial charge in [0.15, 0.2) is 6.61 Å². The summed E-state index contributed by atoms with van der Waals surface area (Å²) in [5.74, 6) is -1.70. The van der Waals surface area contributed by atoms with Gasteiger partial charge in [-0.15, -0.1) is 0 Å². The third kappa shape index (κ3) is 5.01. The molecule has 0 radical (unpaired) electrons. The van der Waals surface area contributed by atoms with Crippen molar-refractivity contribution in [2.75, 3.05) is 18.4 Å². The summed E-state index contributed by atoms with van der Waals surface area (Å²) in [6.45, 7) is -0.408. The second-order valence-electron chi connectivity index (χ2n) is 4.89. The highest BCUT2D eigenvalue weighted by molar-refractivity contribution is 7.92. The van der Waals surface area contributed by atoms with E-state index in [0.29, 0.717) is 0 Å². The van der Waals surface area contributed by atoms with Gasteiger partial charge in [0.1, 0.15) is 5.82 Å². The summed E-state index contributed by atoms with van der Waals surface area (Å²) < 4.78 is 44.3. The molecule has 1 amide bonds. The molecule has 132 valence electrons. The van der Waals surface area contributed by atoms with E-state index in [9.17, 15) is 22.4 Å². The molecule has 0 saturated heterocycles. The second kappa shape index (κ2) is 7.75. The quantitative estimate of drug-likeness (QED) is 0.755. The monoisotopic (exact) mass is 366 g/mol. The Morgan fingerprint density at radius 1 is 1.04 bits per heavy atom. The number of esters is 1. The Labute approximate surface area is 143 Å². The van der Waals surface area contributed by atoms with Crippen molar-refractivity contribution in [3.05, 3.63) is 59.9 Å². The van der Waals surface area contributed by atoms with E-state index in [-0.39, 0.29) is 16.1 Å². The van der Waals surface area contributed by atoms with Crippen LogP contribution < -0.4 is 10.0 Å². The van der Waals surface area contributed by atoms with Crippen LogP contribution in [-0.2, 0) is 19.6 Å². The fourth-order valence-electron chi connectivity index (χ4n) is 1.79. The maximum Gasteiger partial charge on any atom is 0.338 e. The molecule has 2 aromatic carbocycles. The van der Waals surface area contributed by atoms with Crippen molar-refractivity contribution in [2.45, 2.75) is 4.90 Å². The first-order chi connectivity index (χ1) is 11.8. The molecule has 7 nitrogen and oxygen atoms in total. The number of hydrogen-bond donors (Lipinski definition) is 2. The second-order valence-corrected chi connectivity index (χ2v) is 6.57. The summed E-state index contributed by atoms with van der Waals surface area (Å²) in [5, 5.41) is 2.31. The number of sulfonamides is 1. The van der Waals surface area contributed by atoms with Gasteiger partial charge in [0, 0.05) is 12.7 Å². The molecule has 0 bridgehead atoms. The summed E-state index contributed by atoms with van der Waals surface area (Å²) in [6, 6.07) is 9.82. The number of hydrogen-bond acceptors (Lipinski definition) is 5. The van der Waals surface area contributed by atoms with E-state index in [2.05, 4.69) is 10.0 Å². The Morgan fingerprint density at radius 3 is 2.20 bits per heavy atom. The number of anilines is 1. The van der Waals surface area contributed by atoms with Crippen molar-refractivity contribution < 1.29 is 27.1 Å².